The lowest BCUT2D eigenvalue weighted by molar-refractivity contribution is 0.410. The molecule has 1 N–H and O–H groups in total. The first-order valence-electron chi connectivity index (χ1n) is 5.72. The van der Waals surface area contributed by atoms with E-state index >= 15 is 0 Å². The summed E-state index contributed by atoms with van der Waals surface area (Å²) < 4.78 is 8.26. The summed E-state index contributed by atoms with van der Waals surface area (Å²) in [7, 11) is 1.64. The largest absolute Gasteiger partial charge is 0.496 e. The summed E-state index contributed by atoms with van der Waals surface area (Å²) >= 11 is 16.8. The molecule has 2 aromatic carbocycles. The topological polar surface area (TPSA) is 21.3 Å². The molecule has 0 aliphatic heterocycles. The smallest absolute Gasteiger partial charge is 0.125 e. The first-order chi connectivity index (χ1) is 9.52. The fourth-order valence-corrected chi connectivity index (χ4v) is 4.56. The molecular weight excluding hydrogens is 473 g/mol. The van der Waals surface area contributed by atoms with Crippen LogP contribution in [0.5, 0.6) is 5.75 Å². The Hall–Kier alpha value is -0.230. The fraction of sp³-hybridized carbons (Fsp3) is 0.143. The molecule has 0 aliphatic rings. The van der Waals surface area contributed by atoms with E-state index in [0.29, 0.717) is 11.6 Å². The summed E-state index contributed by atoms with van der Waals surface area (Å²) in [6.45, 7) is 0.571. The van der Waals surface area contributed by atoms with Crippen molar-refractivity contribution in [2.75, 3.05) is 12.4 Å². The van der Waals surface area contributed by atoms with Gasteiger partial charge in [0.1, 0.15) is 5.75 Å². The number of halogens is 4. The van der Waals surface area contributed by atoms with Crippen LogP contribution in [0.4, 0.5) is 5.69 Å². The molecular formula is C14H11Br3ClNO. The lowest BCUT2D eigenvalue weighted by Gasteiger charge is -2.14. The second-order valence-corrected chi connectivity index (χ2v) is 7.05. The maximum atomic E-state index is 6.23. The van der Waals surface area contributed by atoms with Crippen molar-refractivity contribution in [1.82, 2.24) is 0 Å². The van der Waals surface area contributed by atoms with E-state index < -0.39 is 0 Å². The molecule has 0 aliphatic carbocycles. The Kier molecular flexibility index (Phi) is 5.78. The molecule has 2 rings (SSSR count). The lowest BCUT2D eigenvalue weighted by Crippen LogP contribution is -2.03. The molecule has 2 nitrogen and oxygen atoms in total. The van der Waals surface area contributed by atoms with Crippen LogP contribution in [0.25, 0.3) is 0 Å². The quantitative estimate of drug-likeness (QED) is 0.554. The van der Waals surface area contributed by atoms with Gasteiger partial charge in [0.05, 0.1) is 12.8 Å². The van der Waals surface area contributed by atoms with Gasteiger partial charge in [-0.05, 0) is 56.1 Å². The van der Waals surface area contributed by atoms with E-state index in [0.717, 1.165) is 30.4 Å². The van der Waals surface area contributed by atoms with Crippen molar-refractivity contribution in [3.8, 4) is 5.75 Å². The minimum Gasteiger partial charge on any atom is -0.496 e. The number of nitrogens with one attached hydrogen (secondary N) is 1. The third-order valence-corrected chi connectivity index (χ3v) is 4.81. The molecule has 0 atom stereocenters. The normalized spacial score (nSPS) is 10.4. The minimum absolute atomic E-state index is 0.571. The number of anilines is 1. The van der Waals surface area contributed by atoms with Crippen LogP contribution in [0.2, 0.25) is 5.02 Å². The molecule has 0 fully saturated rings. The van der Waals surface area contributed by atoms with E-state index in [-0.39, 0.29) is 0 Å². The number of ether oxygens (including phenoxy) is 1. The standard InChI is InChI=1S/C14H11Br3ClNO/c1-20-13-4-2-3-12(18)9(13)7-19-14-10(16)5-8(15)6-11(14)17/h2-6,19H,7H2,1H3. The molecule has 20 heavy (non-hydrogen) atoms. The Morgan fingerprint density at radius 2 is 1.80 bits per heavy atom. The Morgan fingerprint density at radius 1 is 1.15 bits per heavy atom. The molecule has 2 aromatic rings. The van der Waals surface area contributed by atoms with Crippen LogP contribution < -0.4 is 10.1 Å². The molecule has 0 spiro atoms. The third-order valence-electron chi connectivity index (χ3n) is 2.74. The molecule has 6 heteroatoms. The monoisotopic (exact) mass is 481 g/mol. The second-order valence-electron chi connectivity index (χ2n) is 4.02. The predicted molar refractivity (Wildman–Crippen MR) is 94.9 cm³/mol. The van der Waals surface area contributed by atoms with Crippen LogP contribution >= 0.6 is 59.4 Å². The van der Waals surface area contributed by atoms with E-state index in [9.17, 15) is 0 Å². The predicted octanol–water partition coefficient (Wildman–Crippen LogP) is 6.25. The van der Waals surface area contributed by atoms with E-state index in [4.69, 9.17) is 16.3 Å². The van der Waals surface area contributed by atoms with E-state index in [1.165, 1.54) is 0 Å². The highest BCUT2D eigenvalue weighted by molar-refractivity contribution is 9.11. The Morgan fingerprint density at radius 3 is 2.40 bits per heavy atom. The van der Waals surface area contributed by atoms with Gasteiger partial charge in [0.15, 0.2) is 0 Å². The molecule has 0 amide bonds. The van der Waals surface area contributed by atoms with Gasteiger partial charge in [-0.1, -0.05) is 33.6 Å². The van der Waals surface area contributed by atoms with Crippen molar-refractivity contribution in [3.63, 3.8) is 0 Å². The summed E-state index contributed by atoms with van der Waals surface area (Å²) in [5, 5.41) is 4.04. The maximum Gasteiger partial charge on any atom is 0.125 e. The van der Waals surface area contributed by atoms with Gasteiger partial charge in [-0.3, -0.25) is 0 Å². The molecule has 0 unspecified atom stereocenters. The fourth-order valence-electron chi connectivity index (χ4n) is 1.79. The third kappa shape index (κ3) is 3.70. The number of hydrogen-bond acceptors (Lipinski definition) is 2. The summed E-state index contributed by atoms with van der Waals surface area (Å²) in [6.07, 6.45) is 0. The highest BCUT2D eigenvalue weighted by Gasteiger charge is 2.10. The van der Waals surface area contributed by atoms with Crippen molar-refractivity contribution in [3.05, 3.63) is 54.3 Å². The summed E-state index contributed by atoms with van der Waals surface area (Å²) in [4.78, 5) is 0. The number of benzene rings is 2. The molecule has 0 saturated carbocycles. The number of hydrogen-bond donors (Lipinski definition) is 1. The van der Waals surface area contributed by atoms with E-state index in [1.807, 2.05) is 30.3 Å². The molecule has 0 aromatic heterocycles. The molecule has 0 saturated heterocycles. The van der Waals surface area contributed by atoms with E-state index in [1.54, 1.807) is 7.11 Å². The zero-order valence-electron chi connectivity index (χ0n) is 10.5. The van der Waals surface area contributed by atoms with Crippen LogP contribution in [0.3, 0.4) is 0 Å². The summed E-state index contributed by atoms with van der Waals surface area (Å²) in [5.74, 6) is 0.773. The highest BCUT2D eigenvalue weighted by atomic mass is 79.9. The van der Waals surface area contributed by atoms with Crippen LogP contribution in [0.1, 0.15) is 5.56 Å². The summed E-state index contributed by atoms with van der Waals surface area (Å²) in [5.41, 5.74) is 1.90. The Labute approximate surface area is 148 Å². The zero-order valence-corrected chi connectivity index (χ0v) is 16.0. The second kappa shape index (κ2) is 7.16. The van der Waals surface area contributed by atoms with Crippen LogP contribution in [0, 0.1) is 0 Å². The number of methoxy groups -OCH3 is 1. The average Bonchev–Trinajstić information content (AvgIpc) is 2.38. The van der Waals surface area contributed by atoms with Gasteiger partial charge < -0.3 is 10.1 Å². The molecule has 0 bridgehead atoms. The maximum absolute atomic E-state index is 6.23. The lowest BCUT2D eigenvalue weighted by atomic mass is 10.2. The van der Waals surface area contributed by atoms with Gasteiger partial charge in [0, 0.05) is 30.5 Å². The highest BCUT2D eigenvalue weighted by Crippen LogP contribution is 2.35. The SMILES string of the molecule is COc1cccc(Cl)c1CNc1c(Br)cc(Br)cc1Br. The summed E-state index contributed by atoms with van der Waals surface area (Å²) in [6, 6.07) is 9.59. The van der Waals surface area contributed by atoms with Gasteiger partial charge in [-0.25, -0.2) is 0 Å². The van der Waals surface area contributed by atoms with Gasteiger partial charge in [0.25, 0.3) is 0 Å². The van der Waals surface area contributed by atoms with Gasteiger partial charge >= 0.3 is 0 Å². The molecule has 0 radical (unpaired) electrons. The van der Waals surface area contributed by atoms with Crippen molar-refractivity contribution >= 4 is 65.1 Å². The number of rotatable bonds is 4. The van der Waals surface area contributed by atoms with Crippen LogP contribution in [-0.4, -0.2) is 7.11 Å². The minimum atomic E-state index is 0.571. The van der Waals surface area contributed by atoms with Crippen LogP contribution in [-0.2, 0) is 6.54 Å². The van der Waals surface area contributed by atoms with Gasteiger partial charge in [-0.15, -0.1) is 0 Å². The molecule has 0 heterocycles. The van der Waals surface area contributed by atoms with Crippen molar-refractivity contribution < 1.29 is 4.74 Å². The first kappa shape index (κ1) is 16.1. The average molecular weight is 484 g/mol. The zero-order chi connectivity index (χ0) is 14.7. The van der Waals surface area contributed by atoms with Crippen molar-refractivity contribution in [1.29, 1.82) is 0 Å². The molecule has 106 valence electrons. The van der Waals surface area contributed by atoms with Crippen molar-refractivity contribution in [2.24, 2.45) is 0 Å². The van der Waals surface area contributed by atoms with Crippen LogP contribution in [0.15, 0.2) is 43.7 Å². The van der Waals surface area contributed by atoms with Crippen molar-refractivity contribution in [2.45, 2.75) is 6.54 Å². The van der Waals surface area contributed by atoms with Gasteiger partial charge in [0.2, 0.25) is 0 Å². The van der Waals surface area contributed by atoms with E-state index in [2.05, 4.69) is 53.1 Å². The Balaban J connectivity index is 2.26. The van der Waals surface area contributed by atoms with Gasteiger partial charge in [-0.2, -0.15) is 0 Å². The Bertz CT molecular complexity index is 611. The first-order valence-corrected chi connectivity index (χ1v) is 8.48.